The van der Waals surface area contributed by atoms with E-state index in [-0.39, 0.29) is 17.6 Å². The molecule has 0 bridgehead atoms. The molecule has 1 aliphatic rings. The SMILES string of the molecule is Cc1cc(O)c(C(C)C)cc1C(=O)C(C)CN1CCNCC1. The number of hydrogen-bond acceptors (Lipinski definition) is 4. The second kappa shape index (κ2) is 7.25. The van der Waals surface area contributed by atoms with Gasteiger partial charge in [0, 0.05) is 44.2 Å². The normalized spacial score (nSPS) is 17.7. The van der Waals surface area contributed by atoms with Crippen LogP contribution < -0.4 is 5.32 Å². The Morgan fingerprint density at radius 3 is 2.50 bits per heavy atom. The standard InChI is InChI=1S/C18H28N2O2/c1-12(2)15-10-16(13(3)9-17(15)21)18(22)14(4)11-20-7-5-19-6-8-20/h9-10,12,14,19,21H,5-8,11H2,1-4H3. The van der Waals surface area contributed by atoms with E-state index in [2.05, 4.69) is 10.2 Å². The summed E-state index contributed by atoms with van der Waals surface area (Å²) in [6.45, 7) is 12.8. The molecule has 0 aromatic heterocycles. The molecule has 1 aromatic carbocycles. The number of nitrogens with zero attached hydrogens (tertiary/aromatic N) is 1. The molecule has 2 N–H and O–H groups in total. The number of aromatic hydroxyl groups is 1. The predicted molar refractivity (Wildman–Crippen MR) is 89.7 cm³/mol. The number of carbonyl (C=O) groups is 1. The van der Waals surface area contributed by atoms with E-state index in [1.165, 1.54) is 0 Å². The Morgan fingerprint density at radius 2 is 1.91 bits per heavy atom. The summed E-state index contributed by atoms with van der Waals surface area (Å²) in [7, 11) is 0. The Hall–Kier alpha value is -1.39. The number of rotatable bonds is 5. The van der Waals surface area contributed by atoms with Gasteiger partial charge in [-0.25, -0.2) is 0 Å². The summed E-state index contributed by atoms with van der Waals surface area (Å²) in [4.78, 5) is 15.1. The maximum atomic E-state index is 12.8. The number of carbonyl (C=O) groups excluding carboxylic acids is 1. The van der Waals surface area contributed by atoms with Crippen LogP contribution in [0.15, 0.2) is 12.1 Å². The molecular formula is C18H28N2O2. The maximum absolute atomic E-state index is 12.8. The lowest BCUT2D eigenvalue weighted by atomic mass is 9.90. The van der Waals surface area contributed by atoms with Crippen molar-refractivity contribution >= 4 is 5.78 Å². The highest BCUT2D eigenvalue weighted by molar-refractivity contribution is 5.99. The van der Waals surface area contributed by atoms with Crippen LogP contribution in [0.2, 0.25) is 0 Å². The summed E-state index contributed by atoms with van der Waals surface area (Å²) >= 11 is 0. The molecule has 0 amide bonds. The molecule has 4 heteroatoms. The molecule has 4 nitrogen and oxygen atoms in total. The van der Waals surface area contributed by atoms with Crippen molar-refractivity contribution in [3.63, 3.8) is 0 Å². The van der Waals surface area contributed by atoms with Gasteiger partial charge in [0.05, 0.1) is 0 Å². The van der Waals surface area contributed by atoms with Gasteiger partial charge in [-0.15, -0.1) is 0 Å². The first-order valence-electron chi connectivity index (χ1n) is 8.21. The number of aryl methyl sites for hydroxylation is 1. The largest absolute Gasteiger partial charge is 0.508 e. The summed E-state index contributed by atoms with van der Waals surface area (Å²) in [5, 5.41) is 13.4. The van der Waals surface area contributed by atoms with Crippen molar-refractivity contribution in [1.29, 1.82) is 0 Å². The van der Waals surface area contributed by atoms with E-state index >= 15 is 0 Å². The Bertz CT molecular complexity index is 534. The molecule has 0 saturated carbocycles. The number of nitrogens with one attached hydrogen (secondary N) is 1. The van der Waals surface area contributed by atoms with Gasteiger partial charge in [0.1, 0.15) is 5.75 Å². The smallest absolute Gasteiger partial charge is 0.167 e. The summed E-state index contributed by atoms with van der Waals surface area (Å²) in [6, 6.07) is 3.60. The molecule has 1 aromatic rings. The van der Waals surface area contributed by atoms with Gasteiger partial charge in [0.25, 0.3) is 0 Å². The van der Waals surface area contributed by atoms with Crippen molar-refractivity contribution in [2.45, 2.75) is 33.6 Å². The van der Waals surface area contributed by atoms with Crippen molar-refractivity contribution in [3.8, 4) is 5.75 Å². The van der Waals surface area contributed by atoms with Gasteiger partial charge in [-0.05, 0) is 36.1 Å². The molecule has 22 heavy (non-hydrogen) atoms. The summed E-state index contributed by atoms with van der Waals surface area (Å²) in [6.07, 6.45) is 0. The molecular weight excluding hydrogens is 276 g/mol. The van der Waals surface area contributed by atoms with E-state index in [9.17, 15) is 9.90 Å². The van der Waals surface area contributed by atoms with Crippen molar-refractivity contribution in [2.24, 2.45) is 5.92 Å². The predicted octanol–water partition coefficient (Wildman–Crippen LogP) is 2.55. The molecule has 0 aliphatic carbocycles. The molecule has 1 heterocycles. The topological polar surface area (TPSA) is 52.6 Å². The van der Waals surface area contributed by atoms with Crippen molar-refractivity contribution in [3.05, 3.63) is 28.8 Å². The molecule has 1 aliphatic heterocycles. The lowest BCUT2D eigenvalue weighted by molar-refractivity contribution is 0.0886. The first kappa shape index (κ1) is 17.0. The van der Waals surface area contributed by atoms with Gasteiger partial charge >= 0.3 is 0 Å². The molecule has 1 unspecified atom stereocenters. The Morgan fingerprint density at radius 1 is 1.27 bits per heavy atom. The molecule has 0 radical (unpaired) electrons. The minimum absolute atomic E-state index is 0.0265. The van der Waals surface area contributed by atoms with E-state index in [0.29, 0.717) is 5.75 Å². The molecule has 1 saturated heterocycles. The number of benzene rings is 1. The highest BCUT2D eigenvalue weighted by Crippen LogP contribution is 2.29. The van der Waals surface area contributed by atoms with Crippen molar-refractivity contribution in [2.75, 3.05) is 32.7 Å². The first-order valence-corrected chi connectivity index (χ1v) is 8.21. The number of Topliss-reactive ketones (excluding diaryl/α,β-unsaturated/α-hetero) is 1. The van der Waals surface area contributed by atoms with Crippen LogP contribution in [0.1, 0.15) is 48.2 Å². The average molecular weight is 304 g/mol. The second-order valence-corrected chi connectivity index (χ2v) is 6.70. The van der Waals surface area contributed by atoms with Crippen LogP contribution in [0.4, 0.5) is 0 Å². The summed E-state index contributed by atoms with van der Waals surface area (Å²) in [5.41, 5.74) is 2.46. The number of phenolic OH excluding ortho intramolecular Hbond substituents is 1. The van der Waals surface area contributed by atoms with Crippen LogP contribution in [0.25, 0.3) is 0 Å². The van der Waals surface area contributed by atoms with Crippen molar-refractivity contribution in [1.82, 2.24) is 10.2 Å². The van der Waals surface area contributed by atoms with Crippen molar-refractivity contribution < 1.29 is 9.90 Å². The number of hydrogen-bond donors (Lipinski definition) is 2. The lowest BCUT2D eigenvalue weighted by Crippen LogP contribution is -2.45. The number of phenols is 1. The zero-order valence-electron chi connectivity index (χ0n) is 14.1. The molecule has 0 spiro atoms. The second-order valence-electron chi connectivity index (χ2n) is 6.70. The Balaban J connectivity index is 2.15. The minimum atomic E-state index is -0.0265. The average Bonchev–Trinajstić information content (AvgIpc) is 2.47. The van der Waals surface area contributed by atoms with Gasteiger partial charge in [0.15, 0.2) is 5.78 Å². The molecule has 122 valence electrons. The molecule has 2 rings (SSSR count). The molecule has 1 fully saturated rings. The third-order valence-corrected chi connectivity index (χ3v) is 4.45. The van der Waals surface area contributed by atoms with Crippen LogP contribution in [0.3, 0.4) is 0 Å². The minimum Gasteiger partial charge on any atom is -0.508 e. The fourth-order valence-electron chi connectivity index (χ4n) is 3.07. The van der Waals surface area contributed by atoms with Gasteiger partial charge in [0.2, 0.25) is 0 Å². The van der Waals surface area contributed by atoms with Crippen LogP contribution in [-0.2, 0) is 0 Å². The fraction of sp³-hybridized carbons (Fsp3) is 0.611. The number of piperazine rings is 1. The lowest BCUT2D eigenvalue weighted by Gasteiger charge is -2.29. The Kier molecular flexibility index (Phi) is 5.59. The zero-order valence-corrected chi connectivity index (χ0v) is 14.1. The molecule has 1 atom stereocenters. The van der Waals surface area contributed by atoms with Gasteiger partial charge in [-0.1, -0.05) is 20.8 Å². The van der Waals surface area contributed by atoms with E-state index in [1.807, 2.05) is 33.8 Å². The monoisotopic (exact) mass is 304 g/mol. The van der Waals surface area contributed by atoms with Gasteiger partial charge in [-0.2, -0.15) is 0 Å². The quantitative estimate of drug-likeness (QED) is 0.821. The third-order valence-electron chi connectivity index (χ3n) is 4.45. The van der Waals surface area contributed by atoms with Crippen LogP contribution in [0, 0.1) is 12.8 Å². The summed E-state index contributed by atoms with van der Waals surface area (Å²) < 4.78 is 0. The van der Waals surface area contributed by atoms with Gasteiger partial charge in [-0.3, -0.25) is 4.79 Å². The van der Waals surface area contributed by atoms with Crippen LogP contribution in [0.5, 0.6) is 5.75 Å². The third kappa shape index (κ3) is 3.87. The fourth-order valence-corrected chi connectivity index (χ4v) is 3.07. The van der Waals surface area contributed by atoms with E-state index < -0.39 is 0 Å². The summed E-state index contributed by atoms with van der Waals surface area (Å²) in [5.74, 6) is 0.647. The van der Waals surface area contributed by atoms with E-state index in [0.717, 1.165) is 49.4 Å². The van der Waals surface area contributed by atoms with Crippen LogP contribution >= 0.6 is 0 Å². The van der Waals surface area contributed by atoms with Gasteiger partial charge < -0.3 is 15.3 Å². The van der Waals surface area contributed by atoms with Crippen LogP contribution in [-0.4, -0.2) is 48.5 Å². The number of ketones is 1. The maximum Gasteiger partial charge on any atom is 0.167 e. The van der Waals surface area contributed by atoms with E-state index in [4.69, 9.17) is 0 Å². The first-order chi connectivity index (χ1) is 10.4. The highest BCUT2D eigenvalue weighted by Gasteiger charge is 2.22. The Labute approximate surface area is 133 Å². The highest BCUT2D eigenvalue weighted by atomic mass is 16.3. The zero-order chi connectivity index (χ0) is 16.3. The van der Waals surface area contributed by atoms with E-state index in [1.54, 1.807) is 6.07 Å².